The summed E-state index contributed by atoms with van der Waals surface area (Å²) in [4.78, 5) is 37.5. The number of carbonyl (C=O) groups excluding carboxylic acids is 3. The standard InChI is InChI=1S/C48H76O6/c1-4-7-10-13-16-19-21-22-23-24-25-27-29-32-35-38-41-47(50)53-44-45(43-52-46(49)40-37-34-31-28-18-15-12-9-6-3)54-48(51)42-39-36-33-30-26-20-17-14-11-8-5-2/h7,9-10,12,14,16-20,22-23,26,28,34,37,45H,4-6,8,11,13,15,21,24-25,27,29-33,35-36,38-44H2,1-3H3/b10-7-,12-9-,17-14-,19-16-,23-22-,26-20-,28-18-,37-34-. The van der Waals surface area contributed by atoms with Crippen LogP contribution in [0.3, 0.4) is 0 Å². The first kappa shape index (κ1) is 50.3. The molecule has 0 amide bonds. The predicted molar refractivity (Wildman–Crippen MR) is 228 cm³/mol. The van der Waals surface area contributed by atoms with E-state index in [-0.39, 0.29) is 38.0 Å². The molecule has 0 saturated heterocycles. The molecule has 0 N–H and O–H groups in total. The third-order valence-corrected chi connectivity index (χ3v) is 8.36. The minimum absolute atomic E-state index is 0.124. The lowest BCUT2D eigenvalue weighted by atomic mass is 10.1. The fraction of sp³-hybridized carbons (Fsp3) is 0.604. The number of carbonyl (C=O) groups is 3. The summed E-state index contributed by atoms with van der Waals surface area (Å²) in [5.74, 6) is -1.11. The fourth-order valence-electron chi connectivity index (χ4n) is 5.20. The van der Waals surface area contributed by atoms with E-state index < -0.39 is 12.1 Å². The second-order valence-electron chi connectivity index (χ2n) is 13.5. The first-order valence-electron chi connectivity index (χ1n) is 21.3. The van der Waals surface area contributed by atoms with Gasteiger partial charge < -0.3 is 14.2 Å². The van der Waals surface area contributed by atoms with Gasteiger partial charge in [0, 0.05) is 12.8 Å². The topological polar surface area (TPSA) is 78.9 Å². The minimum Gasteiger partial charge on any atom is -0.462 e. The molecule has 1 atom stereocenters. The van der Waals surface area contributed by atoms with Crippen LogP contribution in [0.4, 0.5) is 0 Å². The van der Waals surface area contributed by atoms with Crippen LogP contribution in [-0.4, -0.2) is 37.2 Å². The summed E-state index contributed by atoms with van der Waals surface area (Å²) in [6, 6.07) is 0. The normalized spacial score (nSPS) is 13.0. The second kappa shape index (κ2) is 42.1. The Hall–Kier alpha value is -3.67. The molecule has 0 aromatic rings. The van der Waals surface area contributed by atoms with Gasteiger partial charge >= 0.3 is 17.9 Å². The van der Waals surface area contributed by atoms with Gasteiger partial charge in [-0.15, -0.1) is 0 Å². The third-order valence-electron chi connectivity index (χ3n) is 8.36. The van der Waals surface area contributed by atoms with Crippen molar-refractivity contribution in [1.82, 2.24) is 0 Å². The van der Waals surface area contributed by atoms with Crippen molar-refractivity contribution in [3.8, 4) is 0 Å². The van der Waals surface area contributed by atoms with Gasteiger partial charge in [0.1, 0.15) is 13.2 Å². The number of rotatable bonds is 36. The summed E-state index contributed by atoms with van der Waals surface area (Å²) in [6.07, 6.45) is 54.3. The van der Waals surface area contributed by atoms with Crippen molar-refractivity contribution >= 4 is 17.9 Å². The molecule has 0 bridgehead atoms. The molecule has 0 spiro atoms. The van der Waals surface area contributed by atoms with Crippen molar-refractivity contribution in [1.29, 1.82) is 0 Å². The van der Waals surface area contributed by atoms with Crippen LogP contribution in [0.15, 0.2) is 97.2 Å². The highest BCUT2D eigenvalue weighted by Crippen LogP contribution is 2.11. The smallest absolute Gasteiger partial charge is 0.309 e. The quantitative estimate of drug-likeness (QED) is 0.0209. The summed E-state index contributed by atoms with van der Waals surface area (Å²) in [5, 5.41) is 0. The van der Waals surface area contributed by atoms with E-state index in [9.17, 15) is 14.4 Å². The van der Waals surface area contributed by atoms with Gasteiger partial charge in [0.05, 0.1) is 6.42 Å². The Bertz CT molecular complexity index is 1140. The highest BCUT2D eigenvalue weighted by molar-refractivity contribution is 5.72. The molecule has 6 heteroatoms. The van der Waals surface area contributed by atoms with Gasteiger partial charge in [-0.05, 0) is 83.5 Å². The Kier molecular flexibility index (Phi) is 39.2. The number of esters is 3. The number of hydrogen-bond donors (Lipinski definition) is 0. The lowest BCUT2D eigenvalue weighted by molar-refractivity contribution is -0.166. The minimum atomic E-state index is -0.830. The maximum absolute atomic E-state index is 12.6. The molecule has 0 aromatic carbocycles. The lowest BCUT2D eigenvalue weighted by Gasteiger charge is -2.18. The maximum atomic E-state index is 12.6. The van der Waals surface area contributed by atoms with Gasteiger partial charge in [-0.3, -0.25) is 14.4 Å². The summed E-state index contributed by atoms with van der Waals surface area (Å²) in [6.45, 7) is 6.18. The molecule has 0 aromatic heterocycles. The van der Waals surface area contributed by atoms with Crippen LogP contribution in [0.25, 0.3) is 0 Å². The van der Waals surface area contributed by atoms with Crippen LogP contribution in [0.2, 0.25) is 0 Å². The fourth-order valence-corrected chi connectivity index (χ4v) is 5.20. The van der Waals surface area contributed by atoms with Crippen LogP contribution >= 0.6 is 0 Å². The summed E-state index contributed by atoms with van der Waals surface area (Å²) < 4.78 is 16.5. The molecule has 304 valence electrons. The Morgan fingerprint density at radius 2 is 0.852 bits per heavy atom. The van der Waals surface area contributed by atoms with E-state index in [1.54, 1.807) is 6.08 Å². The molecule has 0 saturated carbocycles. The van der Waals surface area contributed by atoms with E-state index in [1.807, 2.05) is 6.08 Å². The molecule has 1 unspecified atom stereocenters. The predicted octanol–water partition coefficient (Wildman–Crippen LogP) is 13.5. The largest absolute Gasteiger partial charge is 0.462 e. The number of hydrogen-bond acceptors (Lipinski definition) is 6. The molecule has 0 aliphatic rings. The zero-order valence-corrected chi connectivity index (χ0v) is 34.4. The van der Waals surface area contributed by atoms with Gasteiger partial charge in [-0.1, -0.05) is 163 Å². The molecule has 0 aliphatic heterocycles. The molecule has 6 nitrogen and oxygen atoms in total. The Balaban J connectivity index is 4.49. The van der Waals surface area contributed by atoms with Gasteiger partial charge in [0.15, 0.2) is 6.10 Å². The first-order valence-corrected chi connectivity index (χ1v) is 21.3. The molecular formula is C48H76O6. The van der Waals surface area contributed by atoms with E-state index in [0.29, 0.717) is 12.8 Å². The van der Waals surface area contributed by atoms with Crippen molar-refractivity contribution < 1.29 is 28.6 Å². The first-order chi connectivity index (χ1) is 26.5. The Morgan fingerprint density at radius 1 is 0.426 bits per heavy atom. The average Bonchev–Trinajstić information content (AvgIpc) is 3.17. The SMILES string of the molecule is CC/C=C\C/C=C\C/C=C\CCCCCCCCC(=O)OCC(COC(=O)C/C=C\C/C=C\C/C=C\CC)OC(=O)CCCCC/C=C\C=C/CCCC. The van der Waals surface area contributed by atoms with Crippen molar-refractivity contribution in [2.24, 2.45) is 0 Å². The summed E-state index contributed by atoms with van der Waals surface area (Å²) in [7, 11) is 0. The Morgan fingerprint density at radius 3 is 1.43 bits per heavy atom. The van der Waals surface area contributed by atoms with Gasteiger partial charge in [-0.25, -0.2) is 0 Å². The zero-order valence-electron chi connectivity index (χ0n) is 34.4. The molecule has 0 fully saturated rings. The van der Waals surface area contributed by atoms with Gasteiger partial charge in [0.2, 0.25) is 0 Å². The maximum Gasteiger partial charge on any atom is 0.309 e. The highest BCUT2D eigenvalue weighted by Gasteiger charge is 2.19. The van der Waals surface area contributed by atoms with Crippen LogP contribution in [-0.2, 0) is 28.6 Å². The van der Waals surface area contributed by atoms with Crippen LogP contribution in [0.1, 0.15) is 168 Å². The second-order valence-corrected chi connectivity index (χ2v) is 13.5. The van der Waals surface area contributed by atoms with E-state index in [1.165, 1.54) is 25.7 Å². The van der Waals surface area contributed by atoms with Crippen molar-refractivity contribution in [2.75, 3.05) is 13.2 Å². The Labute approximate surface area is 330 Å². The van der Waals surface area contributed by atoms with Gasteiger partial charge in [0.25, 0.3) is 0 Å². The van der Waals surface area contributed by atoms with Crippen molar-refractivity contribution in [3.63, 3.8) is 0 Å². The van der Waals surface area contributed by atoms with Crippen LogP contribution in [0.5, 0.6) is 0 Å². The summed E-state index contributed by atoms with van der Waals surface area (Å²) in [5.41, 5.74) is 0. The molecular weight excluding hydrogens is 673 g/mol. The van der Waals surface area contributed by atoms with Crippen LogP contribution in [0, 0.1) is 0 Å². The van der Waals surface area contributed by atoms with E-state index >= 15 is 0 Å². The van der Waals surface area contributed by atoms with Crippen molar-refractivity contribution in [3.05, 3.63) is 97.2 Å². The molecule has 0 aliphatic carbocycles. The number of allylic oxidation sites excluding steroid dienone is 15. The van der Waals surface area contributed by atoms with Crippen LogP contribution < -0.4 is 0 Å². The number of ether oxygens (including phenoxy) is 3. The van der Waals surface area contributed by atoms with Crippen molar-refractivity contribution in [2.45, 2.75) is 175 Å². The third kappa shape index (κ3) is 39.5. The van der Waals surface area contributed by atoms with E-state index in [2.05, 4.69) is 106 Å². The molecule has 0 radical (unpaired) electrons. The lowest BCUT2D eigenvalue weighted by Crippen LogP contribution is -2.30. The van der Waals surface area contributed by atoms with Gasteiger partial charge in [-0.2, -0.15) is 0 Å². The highest BCUT2D eigenvalue weighted by atomic mass is 16.6. The molecule has 0 heterocycles. The number of unbranched alkanes of at least 4 members (excludes halogenated alkanes) is 11. The monoisotopic (exact) mass is 749 g/mol. The van der Waals surface area contributed by atoms with E-state index in [4.69, 9.17) is 14.2 Å². The molecule has 54 heavy (non-hydrogen) atoms. The average molecular weight is 749 g/mol. The summed E-state index contributed by atoms with van der Waals surface area (Å²) >= 11 is 0. The molecule has 0 rings (SSSR count). The van der Waals surface area contributed by atoms with E-state index in [0.717, 1.165) is 96.3 Å². The zero-order chi connectivity index (χ0) is 39.4.